The van der Waals surface area contributed by atoms with E-state index in [1.807, 2.05) is 49.6 Å². The first-order valence-electron chi connectivity index (χ1n) is 28.9. The number of pyridine rings is 2. The lowest BCUT2D eigenvalue weighted by molar-refractivity contribution is -0.384. The number of ether oxygens (including phenoxy) is 4. The zero-order valence-electron chi connectivity index (χ0n) is 47.3. The molecular weight excluding hydrogens is 1060 g/mol. The number of nitro groups is 1. The molecule has 6 aromatic rings. The van der Waals surface area contributed by atoms with E-state index in [9.17, 15) is 28.4 Å². The summed E-state index contributed by atoms with van der Waals surface area (Å²) in [4.78, 5) is 48.6. The predicted molar refractivity (Wildman–Crippen MR) is 312 cm³/mol. The van der Waals surface area contributed by atoms with E-state index < -0.39 is 43.1 Å². The number of fused-ring (bicyclic) bond motifs is 3. The molecular formula is C61H74N10O10S. The Balaban J connectivity index is 0.793. The Kier molecular flexibility index (Phi) is 15.1. The highest BCUT2D eigenvalue weighted by Crippen LogP contribution is 2.54. The summed E-state index contributed by atoms with van der Waals surface area (Å²) in [6.45, 7) is 11.8. The van der Waals surface area contributed by atoms with E-state index in [1.165, 1.54) is 23.3 Å². The molecule has 0 radical (unpaired) electrons. The van der Waals surface area contributed by atoms with Gasteiger partial charge >= 0.3 is 0 Å². The van der Waals surface area contributed by atoms with Gasteiger partial charge in [0.2, 0.25) is 5.88 Å². The summed E-state index contributed by atoms with van der Waals surface area (Å²) in [6.07, 6.45) is 10.8. The van der Waals surface area contributed by atoms with Crippen molar-refractivity contribution in [1.29, 1.82) is 0 Å². The number of amides is 1. The fraction of sp³-hybridized carbons (Fsp3) is 0.492. The van der Waals surface area contributed by atoms with E-state index >= 15 is 0 Å². The number of benzene rings is 3. The van der Waals surface area contributed by atoms with E-state index in [2.05, 4.69) is 77.7 Å². The second-order valence-corrected chi connectivity index (χ2v) is 25.6. The number of sulfonamides is 1. The predicted octanol–water partition coefficient (Wildman–Crippen LogP) is 9.22. The van der Waals surface area contributed by atoms with Crippen LogP contribution in [-0.4, -0.2) is 140 Å². The Morgan fingerprint density at radius 1 is 0.963 bits per heavy atom. The lowest BCUT2D eigenvalue weighted by Gasteiger charge is -2.58. The minimum Gasteiger partial charge on any atom is -0.491 e. The van der Waals surface area contributed by atoms with Gasteiger partial charge in [-0.1, -0.05) is 24.3 Å². The van der Waals surface area contributed by atoms with Crippen LogP contribution in [0, 0.1) is 28.4 Å². The number of aryl methyl sites for hydroxylation is 1. The first-order valence-corrected chi connectivity index (χ1v) is 30.3. The number of nitro benzene ring substituents is 1. The Morgan fingerprint density at radius 2 is 1.76 bits per heavy atom. The van der Waals surface area contributed by atoms with Gasteiger partial charge in [-0.15, -0.1) is 0 Å². The molecule has 4 N–H and O–H groups in total. The lowest BCUT2D eigenvalue weighted by atomic mass is 9.59. The van der Waals surface area contributed by atoms with Crippen LogP contribution in [0.1, 0.15) is 111 Å². The van der Waals surface area contributed by atoms with Crippen LogP contribution in [0.15, 0.2) is 96.2 Å². The molecule has 5 fully saturated rings. The summed E-state index contributed by atoms with van der Waals surface area (Å²) in [5.41, 5.74) is 5.72. The molecule has 20 nitrogen and oxygen atoms in total. The van der Waals surface area contributed by atoms with Gasteiger partial charge in [-0.05, 0) is 155 Å². The van der Waals surface area contributed by atoms with Crippen molar-refractivity contribution in [2.75, 3.05) is 81.8 Å². The number of aliphatic hydroxyl groups is 1. The first-order chi connectivity index (χ1) is 39.5. The quantitative estimate of drug-likeness (QED) is 0.0554. The molecule has 2 saturated carbocycles. The van der Waals surface area contributed by atoms with Gasteiger partial charge in [0, 0.05) is 93.5 Å². The number of rotatable bonds is 15. The van der Waals surface area contributed by atoms with Gasteiger partial charge in [0.15, 0.2) is 5.75 Å². The van der Waals surface area contributed by atoms with Gasteiger partial charge in [0.25, 0.3) is 27.5 Å². The minimum atomic E-state index is -4.64. The summed E-state index contributed by atoms with van der Waals surface area (Å²) in [6, 6.07) is 24.4. The molecule has 12 rings (SSSR count). The van der Waals surface area contributed by atoms with Gasteiger partial charge < -0.3 is 44.2 Å². The number of hydrogen-bond donors (Lipinski definition) is 4. The standard InChI is InChI=1S/C61H74N10O10S/c1-38-8-6-7-9-46(38)53-36-68(39(2)42-29-54(78-4)59(79-5)64-35-42)25-26-69(53)44-32-61(33-44)20-23-67(24-21-61)43-10-12-47(50(30-43)70-49-17-27-80-37-55(49)81-58-52(70)28-41-16-22-62-56(41)65-58)57(72)66-82(76,77)45-11-13-48(51(31-45)71(74)75)63-34-40-14-18-60(3,73)19-15-40/h6-13,16,22,28-31,35,39-40,44,49,53,55,63,73H,14-15,17-21,23-27,32-34,36-37H2,1-5H3,(H,62,65)(H,66,72)/t39-,40?,49+,53+,55+,60?/m1/s1. The molecule has 1 spiro atoms. The van der Waals surface area contributed by atoms with E-state index in [0.717, 1.165) is 94.0 Å². The van der Waals surface area contributed by atoms with E-state index in [0.29, 0.717) is 79.6 Å². The molecule has 4 atom stereocenters. The van der Waals surface area contributed by atoms with Gasteiger partial charge in [0.1, 0.15) is 23.1 Å². The largest absolute Gasteiger partial charge is 0.491 e. The number of aromatic nitrogens is 3. The lowest BCUT2D eigenvalue weighted by Crippen LogP contribution is -2.60. The Hall–Kier alpha value is -7.04. The molecule has 3 aromatic carbocycles. The maximum atomic E-state index is 14.8. The molecule has 2 aliphatic carbocycles. The summed E-state index contributed by atoms with van der Waals surface area (Å²) in [5, 5.41) is 26.9. The van der Waals surface area contributed by atoms with Crippen LogP contribution < -0.4 is 34.0 Å². The molecule has 1 amide bonds. The van der Waals surface area contributed by atoms with Crippen LogP contribution in [0.4, 0.5) is 28.4 Å². The number of hydrogen-bond acceptors (Lipinski definition) is 17. The third kappa shape index (κ3) is 10.8. The number of H-pyrrole nitrogens is 1. The van der Waals surface area contributed by atoms with Gasteiger partial charge in [-0.2, -0.15) is 4.98 Å². The van der Waals surface area contributed by atoms with Crippen LogP contribution in [-0.2, 0) is 14.8 Å². The van der Waals surface area contributed by atoms with Crippen molar-refractivity contribution in [1.82, 2.24) is 29.5 Å². The average Bonchev–Trinajstić information content (AvgIpc) is 2.00. The molecule has 21 heteroatoms. The SMILES string of the molecule is COc1cc([C@@H](C)N2CCN(C3CC4(CCN(c5ccc(C(=O)NS(=O)(=O)c6ccc(NCC7CCC(C)(O)CC7)c([N+](=O)[O-])c6)c(N6c7cc8cc[nH]c8nc7O[C@H]7COCC[C@@H]76)c5)CC4)C3)[C@H](c3ccccc3C)C2)cnc1OC. The van der Waals surface area contributed by atoms with Crippen LogP contribution in [0.3, 0.4) is 0 Å². The molecule has 434 valence electrons. The molecule has 0 bridgehead atoms. The number of anilines is 4. The maximum Gasteiger partial charge on any atom is 0.293 e. The van der Waals surface area contributed by atoms with Gasteiger partial charge in [-0.3, -0.25) is 24.7 Å². The Labute approximate surface area is 478 Å². The number of piperazine rings is 1. The summed E-state index contributed by atoms with van der Waals surface area (Å²) >= 11 is 0. The molecule has 0 unspecified atom stereocenters. The maximum absolute atomic E-state index is 14.8. The molecule has 6 aliphatic rings. The zero-order chi connectivity index (χ0) is 57.1. The third-order valence-corrected chi connectivity index (χ3v) is 20.2. The van der Waals surface area contributed by atoms with Crippen molar-refractivity contribution in [3.05, 3.63) is 124 Å². The van der Waals surface area contributed by atoms with Gasteiger partial charge in [-0.25, -0.2) is 18.1 Å². The van der Waals surface area contributed by atoms with Crippen molar-refractivity contribution < 1.29 is 42.2 Å². The van der Waals surface area contributed by atoms with E-state index in [4.69, 9.17) is 23.9 Å². The number of nitrogens with zero attached hydrogens (tertiary/aromatic N) is 7. The molecule has 7 heterocycles. The zero-order valence-corrected chi connectivity index (χ0v) is 48.1. The van der Waals surface area contributed by atoms with Crippen molar-refractivity contribution in [3.8, 4) is 17.5 Å². The smallest absolute Gasteiger partial charge is 0.293 e. The highest BCUT2D eigenvalue weighted by Gasteiger charge is 2.51. The third-order valence-electron chi connectivity index (χ3n) is 18.8. The molecule has 82 heavy (non-hydrogen) atoms. The molecule has 4 aliphatic heterocycles. The number of aromatic amines is 1. The minimum absolute atomic E-state index is 0.104. The number of carbonyl (C=O) groups is 1. The van der Waals surface area contributed by atoms with Gasteiger partial charge in [0.05, 0.1) is 53.5 Å². The highest BCUT2D eigenvalue weighted by molar-refractivity contribution is 7.90. The number of methoxy groups -OCH3 is 2. The van der Waals surface area contributed by atoms with E-state index in [1.54, 1.807) is 20.3 Å². The summed E-state index contributed by atoms with van der Waals surface area (Å²) < 4.78 is 54.4. The second kappa shape index (κ2) is 22.3. The number of piperidine rings is 1. The highest BCUT2D eigenvalue weighted by atomic mass is 32.2. The van der Waals surface area contributed by atoms with Crippen molar-refractivity contribution in [2.24, 2.45) is 11.3 Å². The monoisotopic (exact) mass is 1140 g/mol. The number of nitrogens with one attached hydrogen (secondary N) is 3. The Bertz CT molecular complexity index is 3480. The van der Waals surface area contributed by atoms with Crippen LogP contribution in [0.5, 0.6) is 17.5 Å². The van der Waals surface area contributed by atoms with Crippen LogP contribution in [0.25, 0.3) is 11.0 Å². The normalized spacial score (nSPS) is 24.4. The van der Waals surface area contributed by atoms with Crippen LogP contribution >= 0.6 is 0 Å². The van der Waals surface area contributed by atoms with Crippen molar-refractivity contribution >= 4 is 55.4 Å². The molecule has 3 aromatic heterocycles. The second-order valence-electron chi connectivity index (χ2n) is 23.9. The van der Waals surface area contributed by atoms with Crippen molar-refractivity contribution in [3.63, 3.8) is 0 Å². The average molecular weight is 1140 g/mol. The van der Waals surface area contributed by atoms with Crippen molar-refractivity contribution in [2.45, 2.75) is 119 Å². The molecule has 3 saturated heterocycles. The van der Waals surface area contributed by atoms with Crippen LogP contribution in [0.2, 0.25) is 0 Å². The fourth-order valence-electron chi connectivity index (χ4n) is 13.9. The summed E-state index contributed by atoms with van der Waals surface area (Å²) in [7, 11) is -1.40. The fourth-order valence-corrected chi connectivity index (χ4v) is 14.9. The van der Waals surface area contributed by atoms with E-state index in [-0.39, 0.29) is 40.7 Å². The first kappa shape index (κ1) is 55.5. The summed E-state index contributed by atoms with van der Waals surface area (Å²) in [5.74, 6) is 0.759. The Morgan fingerprint density at radius 3 is 2.51 bits per heavy atom. The topological polar surface area (TPSA) is 230 Å². The number of carbonyl (C=O) groups excluding carboxylic acids is 1.